The Hall–Kier alpha value is -1.95. The van der Waals surface area contributed by atoms with Crippen LogP contribution < -0.4 is 16.8 Å². The van der Waals surface area contributed by atoms with Crippen LogP contribution in [0.1, 0.15) is 27.2 Å². The summed E-state index contributed by atoms with van der Waals surface area (Å²) in [6, 6.07) is 3.30. The summed E-state index contributed by atoms with van der Waals surface area (Å²) in [5.74, 6) is -0.510. The summed E-state index contributed by atoms with van der Waals surface area (Å²) in [6.07, 6.45) is 0.221. The van der Waals surface area contributed by atoms with Gasteiger partial charge in [0.05, 0.1) is 23.0 Å². The number of aromatic nitrogens is 1. The van der Waals surface area contributed by atoms with Gasteiger partial charge in [0.1, 0.15) is 0 Å². The fraction of sp³-hybridized carbons (Fsp3) is 0.500. The van der Waals surface area contributed by atoms with E-state index in [1.54, 1.807) is 12.1 Å². The molecule has 0 aliphatic carbocycles. The average Bonchev–Trinajstić information content (AvgIpc) is 2.62. The number of H-pyrrole nitrogens is 1. The second-order valence-corrected chi connectivity index (χ2v) is 6.25. The summed E-state index contributed by atoms with van der Waals surface area (Å²) < 4.78 is 4.93. The predicted molar refractivity (Wildman–Crippen MR) is 79.8 cm³/mol. The second-order valence-electron chi connectivity index (χ2n) is 6.25. The Balaban J connectivity index is 2.09. The number of aromatic amines is 1. The molecule has 1 unspecified atom stereocenters. The van der Waals surface area contributed by atoms with Crippen LogP contribution in [0, 0.1) is 5.41 Å². The van der Waals surface area contributed by atoms with Gasteiger partial charge in [-0.05, 0) is 17.9 Å². The van der Waals surface area contributed by atoms with E-state index in [0.29, 0.717) is 35.4 Å². The number of nitrogens with one attached hydrogen (secondary N) is 2. The summed E-state index contributed by atoms with van der Waals surface area (Å²) in [5, 5.41) is 13.1. The van der Waals surface area contributed by atoms with E-state index in [2.05, 4.69) is 31.1 Å². The topological polar surface area (TPSA) is 104 Å². The summed E-state index contributed by atoms with van der Waals surface area (Å²) in [5.41, 5.74) is 8.10. The van der Waals surface area contributed by atoms with E-state index in [9.17, 15) is 9.90 Å². The van der Waals surface area contributed by atoms with Gasteiger partial charge in [-0.2, -0.15) is 0 Å². The van der Waals surface area contributed by atoms with Gasteiger partial charge in [0.15, 0.2) is 5.58 Å². The van der Waals surface area contributed by atoms with Crippen molar-refractivity contribution < 1.29 is 9.52 Å². The third-order valence-electron chi connectivity index (χ3n) is 2.97. The zero-order valence-electron chi connectivity index (χ0n) is 12.0. The molecule has 0 saturated heterocycles. The standard InChI is InChI=1S/C14H21N3O3/c1-14(2,3)6-8(18)7-16-10-5-11-12(4-9(10)15)20-13(19)17-11/h4-5,8,16,18H,6-7,15H2,1-3H3,(H,17,19). The van der Waals surface area contributed by atoms with Crippen molar-refractivity contribution in [2.24, 2.45) is 5.41 Å². The highest BCUT2D eigenvalue weighted by Crippen LogP contribution is 2.25. The molecule has 110 valence electrons. The molecular formula is C14H21N3O3. The molecule has 0 bridgehead atoms. The molecule has 20 heavy (non-hydrogen) atoms. The van der Waals surface area contributed by atoms with Crippen molar-refractivity contribution in [1.82, 2.24) is 4.98 Å². The Kier molecular flexibility index (Phi) is 3.76. The first-order valence-corrected chi connectivity index (χ1v) is 6.59. The number of hydrogen-bond donors (Lipinski definition) is 4. The molecule has 6 heteroatoms. The van der Waals surface area contributed by atoms with Crippen molar-refractivity contribution in [2.45, 2.75) is 33.3 Å². The predicted octanol–water partition coefficient (Wildman–Crippen LogP) is 1.91. The molecule has 2 rings (SSSR count). The molecule has 0 fully saturated rings. The van der Waals surface area contributed by atoms with Gasteiger partial charge in [-0.3, -0.25) is 4.98 Å². The largest absolute Gasteiger partial charge is 0.417 e. The number of aliphatic hydroxyl groups excluding tert-OH is 1. The van der Waals surface area contributed by atoms with E-state index in [1.807, 2.05) is 0 Å². The van der Waals surface area contributed by atoms with Crippen LogP contribution in [-0.2, 0) is 0 Å². The van der Waals surface area contributed by atoms with Crippen LogP contribution in [-0.4, -0.2) is 22.7 Å². The van der Waals surface area contributed by atoms with E-state index in [-0.39, 0.29) is 5.41 Å². The quantitative estimate of drug-likeness (QED) is 0.640. The number of nitrogen functional groups attached to an aromatic ring is 1. The minimum absolute atomic E-state index is 0.0619. The minimum atomic E-state index is -0.510. The molecular weight excluding hydrogens is 258 g/mol. The van der Waals surface area contributed by atoms with Gasteiger partial charge in [-0.1, -0.05) is 20.8 Å². The fourth-order valence-corrected chi connectivity index (χ4v) is 2.17. The molecule has 0 saturated carbocycles. The molecule has 5 N–H and O–H groups in total. The van der Waals surface area contributed by atoms with E-state index < -0.39 is 11.9 Å². The normalized spacial score (nSPS) is 13.6. The van der Waals surface area contributed by atoms with Crippen LogP contribution in [0.4, 0.5) is 11.4 Å². The van der Waals surface area contributed by atoms with Gasteiger partial charge in [0, 0.05) is 12.6 Å². The number of oxazole rings is 1. The van der Waals surface area contributed by atoms with Gasteiger partial charge in [-0.25, -0.2) is 4.79 Å². The molecule has 2 aromatic rings. The Morgan fingerprint density at radius 2 is 2.15 bits per heavy atom. The van der Waals surface area contributed by atoms with E-state index in [1.165, 1.54) is 0 Å². The third-order valence-corrected chi connectivity index (χ3v) is 2.97. The molecule has 1 aromatic carbocycles. The summed E-state index contributed by atoms with van der Waals surface area (Å²) in [4.78, 5) is 13.7. The smallest absolute Gasteiger partial charge is 0.408 e. The van der Waals surface area contributed by atoms with Crippen molar-refractivity contribution >= 4 is 22.5 Å². The molecule has 1 heterocycles. The number of rotatable bonds is 4. The number of benzene rings is 1. The highest BCUT2D eigenvalue weighted by molar-refractivity contribution is 5.85. The van der Waals surface area contributed by atoms with E-state index >= 15 is 0 Å². The molecule has 0 amide bonds. The van der Waals surface area contributed by atoms with Crippen LogP contribution in [0.25, 0.3) is 11.1 Å². The minimum Gasteiger partial charge on any atom is -0.408 e. The van der Waals surface area contributed by atoms with Gasteiger partial charge in [0.2, 0.25) is 0 Å². The van der Waals surface area contributed by atoms with Gasteiger partial charge >= 0.3 is 5.76 Å². The number of nitrogens with two attached hydrogens (primary N) is 1. The monoisotopic (exact) mass is 279 g/mol. The van der Waals surface area contributed by atoms with Crippen molar-refractivity contribution in [3.63, 3.8) is 0 Å². The highest BCUT2D eigenvalue weighted by Gasteiger charge is 2.17. The Morgan fingerprint density at radius 3 is 2.80 bits per heavy atom. The lowest BCUT2D eigenvalue weighted by atomic mass is 9.89. The molecule has 1 atom stereocenters. The summed E-state index contributed by atoms with van der Waals surface area (Å²) in [6.45, 7) is 6.63. The van der Waals surface area contributed by atoms with Crippen LogP contribution >= 0.6 is 0 Å². The van der Waals surface area contributed by atoms with Crippen molar-refractivity contribution in [3.05, 3.63) is 22.7 Å². The van der Waals surface area contributed by atoms with Crippen LogP contribution in [0.2, 0.25) is 0 Å². The molecule has 0 spiro atoms. The van der Waals surface area contributed by atoms with Gasteiger partial charge in [0.25, 0.3) is 0 Å². The molecule has 0 aliphatic heterocycles. The summed E-state index contributed by atoms with van der Waals surface area (Å²) in [7, 11) is 0. The Morgan fingerprint density at radius 1 is 1.45 bits per heavy atom. The number of anilines is 2. The number of fused-ring (bicyclic) bond motifs is 1. The van der Waals surface area contributed by atoms with Crippen molar-refractivity contribution in [3.8, 4) is 0 Å². The van der Waals surface area contributed by atoms with Crippen molar-refractivity contribution in [1.29, 1.82) is 0 Å². The number of aliphatic hydroxyl groups is 1. The first-order valence-electron chi connectivity index (χ1n) is 6.59. The van der Waals surface area contributed by atoms with Crippen molar-refractivity contribution in [2.75, 3.05) is 17.6 Å². The zero-order chi connectivity index (χ0) is 14.9. The number of hydrogen-bond acceptors (Lipinski definition) is 5. The van der Waals surface area contributed by atoms with E-state index in [0.717, 1.165) is 0 Å². The molecule has 0 radical (unpaired) electrons. The van der Waals surface area contributed by atoms with E-state index in [4.69, 9.17) is 10.2 Å². The molecule has 0 aliphatic rings. The highest BCUT2D eigenvalue weighted by atomic mass is 16.4. The van der Waals surface area contributed by atoms with Crippen LogP contribution in [0.5, 0.6) is 0 Å². The maximum atomic E-state index is 11.1. The maximum Gasteiger partial charge on any atom is 0.417 e. The Labute approximate surface area is 117 Å². The Bertz CT molecular complexity index is 652. The van der Waals surface area contributed by atoms with Gasteiger partial charge < -0.3 is 20.6 Å². The average molecular weight is 279 g/mol. The summed E-state index contributed by atoms with van der Waals surface area (Å²) >= 11 is 0. The third kappa shape index (κ3) is 3.54. The fourth-order valence-electron chi connectivity index (χ4n) is 2.17. The first kappa shape index (κ1) is 14.5. The first-order chi connectivity index (χ1) is 9.24. The van der Waals surface area contributed by atoms with Crippen LogP contribution in [0.3, 0.4) is 0 Å². The lowest BCUT2D eigenvalue weighted by Gasteiger charge is -2.23. The maximum absolute atomic E-state index is 11.1. The second kappa shape index (κ2) is 5.20. The molecule has 1 aromatic heterocycles. The molecule has 6 nitrogen and oxygen atoms in total. The van der Waals surface area contributed by atoms with Crippen LogP contribution in [0.15, 0.2) is 21.3 Å². The SMILES string of the molecule is CC(C)(C)CC(O)CNc1cc2[nH]c(=O)oc2cc1N. The van der Waals surface area contributed by atoms with Gasteiger partial charge in [-0.15, -0.1) is 0 Å². The lowest BCUT2D eigenvalue weighted by Crippen LogP contribution is -2.25. The zero-order valence-corrected chi connectivity index (χ0v) is 12.0. The lowest BCUT2D eigenvalue weighted by molar-refractivity contribution is 0.132.